The fraction of sp³-hybridized carbons (Fsp3) is 1.00. The molecular formula is C2H8FN. The molecule has 0 radical (unpaired) electrons. The molecule has 0 unspecified atom stereocenters. The number of rotatable bonds is 0. The van der Waals surface area contributed by atoms with Gasteiger partial charge in [-0.15, -0.1) is 0 Å². The van der Waals surface area contributed by atoms with Crippen LogP contribution in [0.2, 0.25) is 0 Å². The lowest BCUT2D eigenvalue weighted by Crippen LogP contribution is -1.40. The van der Waals surface area contributed by atoms with Gasteiger partial charge >= 0.3 is 0 Å². The van der Waals surface area contributed by atoms with E-state index in [1.54, 1.807) is 0 Å². The first-order valence-electron chi connectivity index (χ1n) is 0.974. The number of halogens is 1. The standard InChI is InChI=1S/C2H5F.H3N/c1-2-3;/h2H2,1H3;1H3. The minimum absolute atomic E-state index is 0. The molecule has 2 heteroatoms. The quantitative estimate of drug-likeness (QED) is 0.451. The smallest absolute Gasteiger partial charge is 0.0866 e. The molecule has 0 aromatic carbocycles. The highest BCUT2D eigenvalue weighted by Crippen LogP contribution is 1.48. The Morgan fingerprint density at radius 3 is 1.75 bits per heavy atom. The molecule has 0 fully saturated rings. The Labute approximate surface area is 25.4 Å². The van der Waals surface area contributed by atoms with E-state index < -0.39 is 0 Å². The van der Waals surface area contributed by atoms with E-state index in [1.165, 1.54) is 6.92 Å². The van der Waals surface area contributed by atoms with Gasteiger partial charge in [0, 0.05) is 0 Å². The van der Waals surface area contributed by atoms with Crippen LogP contribution in [0.3, 0.4) is 0 Å². The normalized spacial score (nSPS) is 4.50. The summed E-state index contributed by atoms with van der Waals surface area (Å²) in [7, 11) is 0. The van der Waals surface area contributed by atoms with E-state index in [0.29, 0.717) is 0 Å². The summed E-state index contributed by atoms with van der Waals surface area (Å²) in [5.74, 6) is 0. The Kier molecular flexibility index (Phi) is 29.6. The summed E-state index contributed by atoms with van der Waals surface area (Å²) in [6.07, 6.45) is 0. The molecule has 28 valence electrons. The van der Waals surface area contributed by atoms with Gasteiger partial charge in [-0.1, -0.05) is 0 Å². The van der Waals surface area contributed by atoms with Crippen molar-refractivity contribution in [3.8, 4) is 0 Å². The third-order valence-corrected chi connectivity index (χ3v) is 0. The number of hydrogen-bond acceptors (Lipinski definition) is 1. The van der Waals surface area contributed by atoms with Gasteiger partial charge in [-0.2, -0.15) is 0 Å². The molecule has 0 aromatic rings. The Morgan fingerprint density at radius 1 is 1.75 bits per heavy atom. The Morgan fingerprint density at radius 2 is 1.75 bits per heavy atom. The zero-order valence-electron chi connectivity index (χ0n) is 2.79. The van der Waals surface area contributed by atoms with Crippen molar-refractivity contribution in [3.63, 3.8) is 0 Å². The van der Waals surface area contributed by atoms with Crippen LogP contribution in [0.15, 0.2) is 0 Å². The first-order valence-corrected chi connectivity index (χ1v) is 0.974. The van der Waals surface area contributed by atoms with E-state index in [-0.39, 0.29) is 12.8 Å². The van der Waals surface area contributed by atoms with Gasteiger partial charge in [0.15, 0.2) is 0 Å². The van der Waals surface area contributed by atoms with Gasteiger partial charge in [0.25, 0.3) is 0 Å². The molecule has 0 aliphatic heterocycles. The topological polar surface area (TPSA) is 35.0 Å². The lowest BCUT2D eigenvalue weighted by atomic mass is 10.9. The molecule has 0 bridgehead atoms. The first-order chi connectivity index (χ1) is 1.41. The van der Waals surface area contributed by atoms with Crippen molar-refractivity contribution in [2.45, 2.75) is 6.92 Å². The van der Waals surface area contributed by atoms with Gasteiger partial charge < -0.3 is 6.15 Å². The van der Waals surface area contributed by atoms with E-state index in [0.717, 1.165) is 0 Å². The third-order valence-electron chi connectivity index (χ3n) is 0. The van der Waals surface area contributed by atoms with Crippen molar-refractivity contribution in [1.82, 2.24) is 6.15 Å². The molecule has 0 aliphatic carbocycles. The molecular weight excluding hydrogens is 57.0 g/mol. The van der Waals surface area contributed by atoms with Crippen molar-refractivity contribution >= 4 is 0 Å². The Balaban J connectivity index is 0. The van der Waals surface area contributed by atoms with E-state index in [4.69, 9.17) is 0 Å². The predicted octanol–water partition coefficient (Wildman–Crippen LogP) is 1.14. The molecule has 0 spiro atoms. The molecule has 0 saturated heterocycles. The van der Waals surface area contributed by atoms with Gasteiger partial charge in [0.1, 0.15) is 0 Å². The van der Waals surface area contributed by atoms with Gasteiger partial charge in [-0.05, 0) is 6.92 Å². The summed E-state index contributed by atoms with van der Waals surface area (Å²) in [5, 5.41) is 0. The summed E-state index contributed by atoms with van der Waals surface area (Å²) in [6.45, 7) is 1.21. The van der Waals surface area contributed by atoms with Crippen molar-refractivity contribution in [2.75, 3.05) is 6.67 Å². The Bertz CT molecular complexity index is 6.00. The van der Waals surface area contributed by atoms with Crippen LogP contribution in [0.1, 0.15) is 6.92 Å². The van der Waals surface area contributed by atoms with Crippen molar-refractivity contribution in [1.29, 1.82) is 0 Å². The second kappa shape index (κ2) is 13.0. The monoisotopic (exact) mass is 65.1 g/mol. The highest BCUT2D eigenvalue weighted by Gasteiger charge is 1.39. The fourth-order valence-corrected chi connectivity index (χ4v) is 0. The molecule has 0 aromatic heterocycles. The summed E-state index contributed by atoms with van der Waals surface area (Å²) in [5.41, 5.74) is 0. The molecule has 0 rings (SSSR count). The lowest BCUT2D eigenvalue weighted by Gasteiger charge is -1.45. The highest BCUT2D eigenvalue weighted by atomic mass is 19.1. The molecule has 0 amide bonds. The minimum Gasteiger partial charge on any atom is -0.344 e. The van der Waals surface area contributed by atoms with Crippen molar-refractivity contribution in [3.05, 3.63) is 0 Å². The summed E-state index contributed by atoms with van der Waals surface area (Å²) < 4.78 is 10.3. The molecule has 1 nitrogen and oxygen atoms in total. The van der Waals surface area contributed by atoms with Crippen LogP contribution in [0, 0.1) is 0 Å². The highest BCUT2D eigenvalue weighted by molar-refractivity contribution is 3.86. The zero-order chi connectivity index (χ0) is 2.71. The maximum Gasteiger partial charge on any atom is 0.0866 e. The van der Waals surface area contributed by atoms with Crippen molar-refractivity contribution in [2.24, 2.45) is 0 Å². The van der Waals surface area contributed by atoms with Gasteiger partial charge in [-0.25, -0.2) is 0 Å². The van der Waals surface area contributed by atoms with E-state index in [1.807, 2.05) is 0 Å². The van der Waals surface area contributed by atoms with Crippen molar-refractivity contribution < 1.29 is 4.39 Å². The average molecular weight is 65.1 g/mol. The Hall–Kier alpha value is -0.110. The summed E-state index contributed by atoms with van der Waals surface area (Å²) in [4.78, 5) is 0. The first kappa shape index (κ1) is 9.10. The molecule has 4 heavy (non-hydrogen) atoms. The van der Waals surface area contributed by atoms with E-state index >= 15 is 0 Å². The fourth-order valence-electron chi connectivity index (χ4n) is 0. The van der Waals surface area contributed by atoms with Crippen LogP contribution in [0.25, 0.3) is 0 Å². The second-order valence-electron chi connectivity index (χ2n) is 0.267. The number of hydrogen-bond donors (Lipinski definition) is 1. The van der Waals surface area contributed by atoms with E-state index in [2.05, 4.69) is 0 Å². The van der Waals surface area contributed by atoms with Gasteiger partial charge in [0.2, 0.25) is 0 Å². The third kappa shape index (κ3) is 124. The van der Waals surface area contributed by atoms with Crippen LogP contribution < -0.4 is 6.15 Å². The van der Waals surface area contributed by atoms with E-state index in [9.17, 15) is 4.39 Å². The summed E-state index contributed by atoms with van der Waals surface area (Å²) in [6, 6.07) is 0. The average Bonchev–Trinajstić information content (AvgIpc) is 0.918. The second-order valence-corrected chi connectivity index (χ2v) is 0.267. The van der Waals surface area contributed by atoms with Crippen LogP contribution in [0.5, 0.6) is 0 Å². The zero-order valence-corrected chi connectivity index (χ0v) is 2.79. The maximum absolute atomic E-state index is 10.3. The predicted molar refractivity (Wildman–Crippen MR) is 16.7 cm³/mol. The van der Waals surface area contributed by atoms with Crippen LogP contribution >= 0.6 is 0 Å². The summed E-state index contributed by atoms with van der Waals surface area (Å²) >= 11 is 0. The molecule has 0 aliphatic rings. The van der Waals surface area contributed by atoms with Crippen LogP contribution in [0.4, 0.5) is 4.39 Å². The SMILES string of the molecule is CCF.N. The van der Waals surface area contributed by atoms with Gasteiger partial charge in [0.05, 0.1) is 6.67 Å². The molecule has 0 atom stereocenters. The van der Waals surface area contributed by atoms with Crippen LogP contribution in [-0.2, 0) is 0 Å². The lowest BCUT2D eigenvalue weighted by molar-refractivity contribution is 0.527. The largest absolute Gasteiger partial charge is 0.344 e. The molecule has 0 saturated carbocycles. The molecule has 3 N–H and O–H groups in total. The maximum atomic E-state index is 10.3. The van der Waals surface area contributed by atoms with Gasteiger partial charge in [-0.3, -0.25) is 4.39 Å². The number of alkyl halides is 1. The minimum atomic E-state index is -0.250. The molecule has 0 heterocycles. The van der Waals surface area contributed by atoms with Crippen LogP contribution in [-0.4, -0.2) is 6.67 Å².